The summed E-state index contributed by atoms with van der Waals surface area (Å²) in [5, 5.41) is 12.8. The minimum Gasteiger partial charge on any atom is -0.469 e. The zero-order chi connectivity index (χ0) is 13.7. The van der Waals surface area contributed by atoms with E-state index in [9.17, 15) is 9.90 Å². The fourth-order valence-corrected chi connectivity index (χ4v) is 1.71. The molecule has 2 N–H and O–H groups in total. The van der Waals surface area contributed by atoms with Gasteiger partial charge in [0.05, 0.1) is 11.9 Å². The lowest BCUT2D eigenvalue weighted by Crippen LogP contribution is -2.42. The predicted molar refractivity (Wildman–Crippen MR) is 69.6 cm³/mol. The van der Waals surface area contributed by atoms with Crippen LogP contribution in [0.3, 0.4) is 0 Å². The SMILES string of the molecule is CC(O)(CNC(=O)c1ccccn1)Cc1ccco1. The van der Waals surface area contributed by atoms with Crippen LogP contribution in [0.25, 0.3) is 0 Å². The van der Waals surface area contributed by atoms with Gasteiger partial charge in [0.15, 0.2) is 0 Å². The van der Waals surface area contributed by atoms with Gasteiger partial charge in [0.25, 0.3) is 5.91 Å². The second-order valence-electron chi connectivity index (χ2n) is 4.65. The second-order valence-corrected chi connectivity index (χ2v) is 4.65. The van der Waals surface area contributed by atoms with Crippen molar-refractivity contribution in [1.82, 2.24) is 10.3 Å². The summed E-state index contributed by atoms with van der Waals surface area (Å²) in [6, 6.07) is 8.65. The molecule has 0 aliphatic rings. The Balaban J connectivity index is 1.89. The molecule has 0 fully saturated rings. The van der Waals surface area contributed by atoms with Crippen molar-refractivity contribution in [3.05, 3.63) is 54.2 Å². The smallest absolute Gasteiger partial charge is 0.269 e. The Hall–Kier alpha value is -2.14. The van der Waals surface area contributed by atoms with Gasteiger partial charge in [-0.2, -0.15) is 0 Å². The van der Waals surface area contributed by atoms with E-state index in [2.05, 4.69) is 10.3 Å². The zero-order valence-electron chi connectivity index (χ0n) is 10.7. The highest BCUT2D eigenvalue weighted by molar-refractivity contribution is 5.92. The number of nitrogens with one attached hydrogen (secondary N) is 1. The Labute approximate surface area is 111 Å². The number of carbonyl (C=O) groups excluding carboxylic acids is 1. The van der Waals surface area contributed by atoms with E-state index in [-0.39, 0.29) is 12.5 Å². The lowest BCUT2D eigenvalue weighted by atomic mass is 10.0. The van der Waals surface area contributed by atoms with E-state index in [4.69, 9.17) is 4.42 Å². The van der Waals surface area contributed by atoms with Gasteiger partial charge in [-0.3, -0.25) is 9.78 Å². The molecule has 1 amide bonds. The van der Waals surface area contributed by atoms with Crippen LogP contribution in [0.15, 0.2) is 47.2 Å². The van der Waals surface area contributed by atoms with E-state index < -0.39 is 5.60 Å². The maximum Gasteiger partial charge on any atom is 0.269 e. The molecule has 2 rings (SSSR count). The highest BCUT2D eigenvalue weighted by atomic mass is 16.3. The number of aromatic nitrogens is 1. The molecule has 0 saturated heterocycles. The number of carbonyl (C=O) groups is 1. The zero-order valence-corrected chi connectivity index (χ0v) is 10.7. The second kappa shape index (κ2) is 5.67. The number of rotatable bonds is 5. The highest BCUT2D eigenvalue weighted by Gasteiger charge is 2.23. The molecule has 19 heavy (non-hydrogen) atoms. The van der Waals surface area contributed by atoms with Gasteiger partial charge >= 0.3 is 0 Å². The minimum atomic E-state index is -1.07. The first kappa shape index (κ1) is 13.3. The molecular weight excluding hydrogens is 244 g/mol. The standard InChI is InChI=1S/C14H16N2O3/c1-14(18,9-11-5-4-8-19-11)10-16-13(17)12-6-2-3-7-15-12/h2-8,18H,9-10H2,1H3,(H,16,17). The fraction of sp³-hybridized carbons (Fsp3) is 0.286. The summed E-state index contributed by atoms with van der Waals surface area (Å²) in [5.74, 6) is 0.373. The summed E-state index contributed by atoms with van der Waals surface area (Å²) in [6.45, 7) is 1.78. The molecule has 0 spiro atoms. The van der Waals surface area contributed by atoms with Crippen LogP contribution in [0.1, 0.15) is 23.2 Å². The van der Waals surface area contributed by atoms with Crippen LogP contribution in [-0.2, 0) is 6.42 Å². The summed E-state index contributed by atoms with van der Waals surface area (Å²) in [4.78, 5) is 15.7. The van der Waals surface area contributed by atoms with Gasteiger partial charge in [-0.25, -0.2) is 0 Å². The molecule has 1 unspecified atom stereocenters. The summed E-state index contributed by atoms with van der Waals surface area (Å²) >= 11 is 0. The number of amides is 1. The van der Waals surface area contributed by atoms with E-state index in [1.54, 1.807) is 49.7 Å². The first-order valence-corrected chi connectivity index (χ1v) is 6.01. The van der Waals surface area contributed by atoms with Crippen molar-refractivity contribution in [3.63, 3.8) is 0 Å². The summed E-state index contributed by atoms with van der Waals surface area (Å²) in [5.41, 5.74) is -0.737. The molecule has 100 valence electrons. The first-order chi connectivity index (χ1) is 9.07. The van der Waals surface area contributed by atoms with Crippen LogP contribution in [-0.4, -0.2) is 28.1 Å². The van der Waals surface area contributed by atoms with Crippen molar-refractivity contribution < 1.29 is 14.3 Å². The van der Waals surface area contributed by atoms with Gasteiger partial charge in [0, 0.05) is 19.2 Å². The lowest BCUT2D eigenvalue weighted by Gasteiger charge is -2.22. The number of hydrogen-bond donors (Lipinski definition) is 2. The number of hydrogen-bond acceptors (Lipinski definition) is 4. The molecule has 0 saturated carbocycles. The van der Waals surface area contributed by atoms with Gasteiger partial charge in [-0.15, -0.1) is 0 Å². The van der Waals surface area contributed by atoms with Crippen molar-refractivity contribution in [1.29, 1.82) is 0 Å². The van der Waals surface area contributed by atoms with E-state index >= 15 is 0 Å². The Morgan fingerprint density at radius 2 is 2.26 bits per heavy atom. The largest absolute Gasteiger partial charge is 0.469 e. The van der Waals surface area contributed by atoms with Gasteiger partial charge in [-0.1, -0.05) is 6.07 Å². The van der Waals surface area contributed by atoms with E-state index in [1.165, 1.54) is 0 Å². The molecule has 2 aromatic rings. The average molecular weight is 260 g/mol. The topological polar surface area (TPSA) is 75.4 Å². The monoisotopic (exact) mass is 260 g/mol. The number of aliphatic hydroxyl groups is 1. The van der Waals surface area contributed by atoms with Gasteiger partial charge in [-0.05, 0) is 31.2 Å². The molecule has 2 heterocycles. The van der Waals surface area contributed by atoms with Gasteiger partial charge in [0.2, 0.25) is 0 Å². The van der Waals surface area contributed by atoms with Crippen molar-refractivity contribution in [2.75, 3.05) is 6.54 Å². The third kappa shape index (κ3) is 3.93. The molecule has 0 radical (unpaired) electrons. The maximum atomic E-state index is 11.8. The van der Waals surface area contributed by atoms with Crippen LogP contribution >= 0.6 is 0 Å². The number of pyridine rings is 1. The average Bonchev–Trinajstić information content (AvgIpc) is 2.89. The Morgan fingerprint density at radius 3 is 2.89 bits per heavy atom. The maximum absolute atomic E-state index is 11.8. The molecule has 0 aliphatic heterocycles. The minimum absolute atomic E-state index is 0.128. The van der Waals surface area contributed by atoms with Crippen molar-refractivity contribution in [2.24, 2.45) is 0 Å². The predicted octanol–water partition coefficient (Wildman–Crippen LogP) is 1.40. The van der Waals surface area contributed by atoms with Crippen LogP contribution < -0.4 is 5.32 Å². The van der Waals surface area contributed by atoms with Crippen molar-refractivity contribution in [3.8, 4) is 0 Å². The fourth-order valence-electron chi connectivity index (χ4n) is 1.71. The van der Waals surface area contributed by atoms with Gasteiger partial charge in [0.1, 0.15) is 11.5 Å². The third-order valence-electron chi connectivity index (χ3n) is 2.66. The van der Waals surface area contributed by atoms with Crippen LogP contribution in [0.4, 0.5) is 0 Å². The molecule has 2 aromatic heterocycles. The Kier molecular flexibility index (Phi) is 3.97. The van der Waals surface area contributed by atoms with Crippen molar-refractivity contribution >= 4 is 5.91 Å². The molecule has 0 aliphatic carbocycles. The summed E-state index contributed by atoms with van der Waals surface area (Å²) in [6.07, 6.45) is 3.44. The lowest BCUT2D eigenvalue weighted by molar-refractivity contribution is 0.0509. The number of furan rings is 1. The number of nitrogens with zero attached hydrogens (tertiary/aromatic N) is 1. The van der Waals surface area contributed by atoms with Crippen molar-refractivity contribution in [2.45, 2.75) is 18.9 Å². The Morgan fingerprint density at radius 1 is 1.42 bits per heavy atom. The van der Waals surface area contributed by atoms with Crippen LogP contribution in [0, 0.1) is 0 Å². The van der Waals surface area contributed by atoms with Crippen LogP contribution in [0.2, 0.25) is 0 Å². The Bertz CT molecular complexity index is 521. The quantitative estimate of drug-likeness (QED) is 0.852. The van der Waals surface area contributed by atoms with E-state index in [0.717, 1.165) is 0 Å². The molecule has 0 aromatic carbocycles. The van der Waals surface area contributed by atoms with Gasteiger partial charge < -0.3 is 14.8 Å². The van der Waals surface area contributed by atoms with Crippen LogP contribution in [0.5, 0.6) is 0 Å². The third-order valence-corrected chi connectivity index (χ3v) is 2.66. The first-order valence-electron chi connectivity index (χ1n) is 6.01. The molecule has 5 nitrogen and oxygen atoms in total. The summed E-state index contributed by atoms with van der Waals surface area (Å²) in [7, 11) is 0. The highest BCUT2D eigenvalue weighted by Crippen LogP contribution is 2.12. The molecular formula is C14H16N2O3. The normalized spacial score (nSPS) is 13.8. The molecule has 0 bridgehead atoms. The molecule has 1 atom stereocenters. The van der Waals surface area contributed by atoms with E-state index in [1.807, 2.05) is 0 Å². The molecule has 5 heteroatoms. The summed E-state index contributed by atoms with van der Waals surface area (Å²) < 4.78 is 5.18. The van der Waals surface area contributed by atoms with E-state index in [0.29, 0.717) is 17.9 Å².